The van der Waals surface area contributed by atoms with Gasteiger partial charge in [-0.2, -0.15) is 5.10 Å². The normalized spacial score (nSPS) is 13.5. The molecule has 0 saturated heterocycles. The van der Waals surface area contributed by atoms with E-state index in [4.69, 9.17) is 0 Å². The van der Waals surface area contributed by atoms with Gasteiger partial charge in [-0.25, -0.2) is 9.67 Å². The second kappa shape index (κ2) is 7.40. The first-order valence-electron chi connectivity index (χ1n) is 6.33. The molecule has 1 unspecified atom stereocenters. The van der Waals surface area contributed by atoms with E-state index in [0.29, 0.717) is 6.04 Å². The minimum atomic E-state index is 0.368. The van der Waals surface area contributed by atoms with Crippen molar-refractivity contribution in [2.45, 2.75) is 26.8 Å². The van der Waals surface area contributed by atoms with Crippen LogP contribution >= 0.6 is 0 Å². The summed E-state index contributed by atoms with van der Waals surface area (Å²) in [5, 5.41) is 7.60. The predicted octanol–water partition coefficient (Wildman–Crippen LogP) is 1.02. The van der Waals surface area contributed by atoms with Crippen molar-refractivity contribution in [3.63, 3.8) is 0 Å². The maximum absolute atomic E-state index is 4.15. The van der Waals surface area contributed by atoms with Crippen LogP contribution in [-0.4, -0.2) is 52.9 Å². The third-order valence-corrected chi connectivity index (χ3v) is 2.69. The van der Waals surface area contributed by atoms with E-state index in [1.165, 1.54) is 0 Å². The van der Waals surface area contributed by atoms with Gasteiger partial charge in [-0.3, -0.25) is 0 Å². The second-order valence-corrected chi connectivity index (χ2v) is 5.08. The van der Waals surface area contributed by atoms with Gasteiger partial charge in [0.25, 0.3) is 0 Å². The summed E-state index contributed by atoms with van der Waals surface area (Å²) < 4.78 is 1.90. The Morgan fingerprint density at radius 1 is 1.35 bits per heavy atom. The van der Waals surface area contributed by atoms with E-state index in [0.717, 1.165) is 32.1 Å². The molecule has 1 aromatic rings. The summed E-state index contributed by atoms with van der Waals surface area (Å²) in [6.07, 6.45) is 3.36. The molecule has 0 aliphatic rings. The smallest absolute Gasteiger partial charge is 0.137 e. The summed E-state index contributed by atoms with van der Waals surface area (Å²) in [6, 6.07) is 0.368. The number of nitrogens with zero attached hydrogens (tertiary/aromatic N) is 4. The number of hydrogen-bond donors (Lipinski definition) is 1. The minimum absolute atomic E-state index is 0.368. The Morgan fingerprint density at radius 3 is 2.71 bits per heavy atom. The van der Waals surface area contributed by atoms with Crippen LogP contribution in [-0.2, 0) is 0 Å². The minimum Gasteiger partial charge on any atom is -0.315 e. The van der Waals surface area contributed by atoms with Gasteiger partial charge in [-0.1, -0.05) is 13.8 Å². The SMILES string of the molecule is CC(C)CNCCN(C)CC(C)n1cncn1. The Hall–Kier alpha value is -0.940. The van der Waals surface area contributed by atoms with Crippen molar-refractivity contribution >= 4 is 0 Å². The van der Waals surface area contributed by atoms with Crippen molar-refractivity contribution in [1.82, 2.24) is 25.0 Å². The first kappa shape index (κ1) is 14.1. The third kappa shape index (κ3) is 5.79. The van der Waals surface area contributed by atoms with Crippen molar-refractivity contribution in [3.05, 3.63) is 12.7 Å². The fourth-order valence-corrected chi connectivity index (χ4v) is 1.73. The lowest BCUT2D eigenvalue weighted by Crippen LogP contribution is -2.34. The maximum atomic E-state index is 4.15. The number of rotatable bonds is 8. The zero-order valence-corrected chi connectivity index (χ0v) is 11.4. The molecule has 5 nitrogen and oxygen atoms in total. The van der Waals surface area contributed by atoms with E-state index in [-0.39, 0.29) is 0 Å². The Kier molecular flexibility index (Phi) is 6.15. The van der Waals surface area contributed by atoms with Crippen LogP contribution in [0.3, 0.4) is 0 Å². The standard InChI is InChI=1S/C12H25N5/c1-11(2)7-13-5-6-16(4)8-12(3)17-10-14-9-15-17/h9-13H,5-8H2,1-4H3. The molecule has 0 aromatic carbocycles. The molecule has 98 valence electrons. The summed E-state index contributed by atoms with van der Waals surface area (Å²) >= 11 is 0. The molecule has 17 heavy (non-hydrogen) atoms. The van der Waals surface area contributed by atoms with Crippen LogP contribution in [0.2, 0.25) is 0 Å². The molecule has 1 heterocycles. The van der Waals surface area contributed by atoms with Gasteiger partial charge in [0.2, 0.25) is 0 Å². The highest BCUT2D eigenvalue weighted by atomic mass is 15.3. The van der Waals surface area contributed by atoms with E-state index >= 15 is 0 Å². The third-order valence-electron chi connectivity index (χ3n) is 2.69. The summed E-state index contributed by atoms with van der Waals surface area (Å²) in [5.74, 6) is 0.717. The average Bonchev–Trinajstić information content (AvgIpc) is 2.77. The topological polar surface area (TPSA) is 46.0 Å². The van der Waals surface area contributed by atoms with Crippen molar-refractivity contribution in [1.29, 1.82) is 0 Å². The van der Waals surface area contributed by atoms with E-state index in [1.54, 1.807) is 12.7 Å². The van der Waals surface area contributed by atoms with Gasteiger partial charge in [-0.15, -0.1) is 0 Å². The van der Waals surface area contributed by atoms with E-state index in [2.05, 4.69) is 48.1 Å². The van der Waals surface area contributed by atoms with Crippen molar-refractivity contribution in [2.75, 3.05) is 33.2 Å². The van der Waals surface area contributed by atoms with Crippen molar-refractivity contribution in [3.8, 4) is 0 Å². The molecule has 0 aliphatic carbocycles. The molecular formula is C12H25N5. The predicted molar refractivity (Wildman–Crippen MR) is 69.9 cm³/mol. The highest BCUT2D eigenvalue weighted by molar-refractivity contribution is 4.68. The second-order valence-electron chi connectivity index (χ2n) is 5.08. The summed E-state index contributed by atoms with van der Waals surface area (Å²) in [5.41, 5.74) is 0. The maximum Gasteiger partial charge on any atom is 0.137 e. The Balaban J connectivity index is 2.14. The molecule has 0 amide bonds. The quantitative estimate of drug-likeness (QED) is 0.688. The first-order chi connectivity index (χ1) is 8.09. The lowest BCUT2D eigenvalue weighted by atomic mass is 10.2. The van der Waals surface area contributed by atoms with Crippen LogP contribution in [0.15, 0.2) is 12.7 Å². The summed E-state index contributed by atoms with van der Waals surface area (Å²) in [7, 11) is 2.14. The first-order valence-corrected chi connectivity index (χ1v) is 6.33. The molecule has 0 aliphatic heterocycles. The Labute approximate surface area is 104 Å². The lowest BCUT2D eigenvalue weighted by Gasteiger charge is -2.21. The molecule has 1 aromatic heterocycles. The molecule has 1 N–H and O–H groups in total. The number of nitrogens with one attached hydrogen (secondary N) is 1. The highest BCUT2D eigenvalue weighted by Crippen LogP contribution is 2.03. The van der Waals surface area contributed by atoms with Gasteiger partial charge in [0.05, 0.1) is 6.04 Å². The molecule has 1 atom stereocenters. The van der Waals surface area contributed by atoms with Gasteiger partial charge in [0.1, 0.15) is 12.7 Å². The van der Waals surface area contributed by atoms with Gasteiger partial charge >= 0.3 is 0 Å². The van der Waals surface area contributed by atoms with Gasteiger partial charge < -0.3 is 10.2 Å². The van der Waals surface area contributed by atoms with Crippen LogP contribution in [0.4, 0.5) is 0 Å². The molecular weight excluding hydrogens is 214 g/mol. The zero-order chi connectivity index (χ0) is 12.7. The van der Waals surface area contributed by atoms with E-state index < -0.39 is 0 Å². The van der Waals surface area contributed by atoms with Gasteiger partial charge in [-0.05, 0) is 26.4 Å². The van der Waals surface area contributed by atoms with Crippen LogP contribution in [0, 0.1) is 5.92 Å². The molecule has 0 fully saturated rings. The summed E-state index contributed by atoms with van der Waals surface area (Å²) in [6.45, 7) is 10.8. The molecule has 1 rings (SSSR count). The van der Waals surface area contributed by atoms with Crippen LogP contribution in [0.1, 0.15) is 26.8 Å². The number of hydrogen-bond acceptors (Lipinski definition) is 4. The van der Waals surface area contributed by atoms with Gasteiger partial charge in [0.15, 0.2) is 0 Å². The van der Waals surface area contributed by atoms with Gasteiger partial charge in [0, 0.05) is 19.6 Å². The molecule has 0 spiro atoms. The number of aromatic nitrogens is 3. The van der Waals surface area contributed by atoms with Crippen LogP contribution < -0.4 is 5.32 Å². The van der Waals surface area contributed by atoms with Crippen molar-refractivity contribution in [2.24, 2.45) is 5.92 Å². The zero-order valence-electron chi connectivity index (χ0n) is 11.4. The highest BCUT2D eigenvalue weighted by Gasteiger charge is 2.08. The average molecular weight is 239 g/mol. The monoisotopic (exact) mass is 239 g/mol. The van der Waals surface area contributed by atoms with Crippen LogP contribution in [0.5, 0.6) is 0 Å². The molecule has 0 saturated carbocycles. The van der Waals surface area contributed by atoms with E-state index in [9.17, 15) is 0 Å². The van der Waals surface area contributed by atoms with Crippen LogP contribution in [0.25, 0.3) is 0 Å². The lowest BCUT2D eigenvalue weighted by molar-refractivity contribution is 0.274. The summed E-state index contributed by atoms with van der Waals surface area (Å²) in [4.78, 5) is 6.29. The Morgan fingerprint density at radius 2 is 2.12 bits per heavy atom. The Bertz CT molecular complexity index is 283. The molecule has 5 heteroatoms. The van der Waals surface area contributed by atoms with E-state index in [1.807, 2.05) is 4.68 Å². The fourth-order valence-electron chi connectivity index (χ4n) is 1.73. The molecule has 0 radical (unpaired) electrons. The number of likely N-dealkylation sites (N-methyl/N-ethyl adjacent to an activating group) is 1. The van der Waals surface area contributed by atoms with Crippen molar-refractivity contribution < 1.29 is 0 Å². The fraction of sp³-hybridized carbons (Fsp3) is 0.833. The largest absolute Gasteiger partial charge is 0.315 e. The molecule has 0 bridgehead atoms.